The summed E-state index contributed by atoms with van der Waals surface area (Å²) in [6.07, 6.45) is 2.18. The quantitative estimate of drug-likeness (QED) is 0.926. The van der Waals surface area contributed by atoms with Crippen LogP contribution in [0.2, 0.25) is 10.0 Å². The fourth-order valence-electron chi connectivity index (χ4n) is 2.21. The number of hydrogen-bond donors (Lipinski definition) is 1. The number of rotatable bonds is 4. The van der Waals surface area contributed by atoms with Gasteiger partial charge < -0.3 is 10.0 Å². The summed E-state index contributed by atoms with van der Waals surface area (Å²) < 4.78 is 0. The van der Waals surface area contributed by atoms with E-state index in [1.807, 2.05) is 6.92 Å². The summed E-state index contributed by atoms with van der Waals surface area (Å²) in [7, 11) is 0. The van der Waals surface area contributed by atoms with Crippen molar-refractivity contribution in [2.24, 2.45) is 0 Å². The van der Waals surface area contributed by atoms with Crippen LogP contribution in [0.5, 0.6) is 0 Å². The zero-order valence-electron chi connectivity index (χ0n) is 11.0. The first-order valence-corrected chi connectivity index (χ1v) is 7.32. The molecular weight excluding hydrogens is 285 g/mol. The molecule has 6 heteroatoms. The number of β-amino-alcohol motifs (C(OH)–C–C–N with tert-alkyl or cyclic N) is 1. The molecule has 0 saturated carbocycles. The molecule has 0 aliphatic carbocycles. The number of halogens is 2. The number of aliphatic hydroxyl groups is 1. The van der Waals surface area contributed by atoms with Crippen molar-refractivity contribution in [3.63, 3.8) is 0 Å². The molecule has 0 radical (unpaired) electrons. The Balaban J connectivity index is 1.92. The minimum Gasteiger partial charge on any atom is -0.392 e. The van der Waals surface area contributed by atoms with Gasteiger partial charge in [-0.25, -0.2) is 4.98 Å². The lowest BCUT2D eigenvalue weighted by atomic mass is 10.2. The van der Waals surface area contributed by atoms with Gasteiger partial charge in [-0.05, 0) is 12.5 Å². The van der Waals surface area contributed by atoms with Crippen molar-refractivity contribution in [2.75, 3.05) is 37.6 Å². The zero-order chi connectivity index (χ0) is 13.8. The van der Waals surface area contributed by atoms with E-state index >= 15 is 0 Å². The Morgan fingerprint density at radius 1 is 1.32 bits per heavy atom. The molecule has 0 amide bonds. The first kappa shape index (κ1) is 14.9. The lowest BCUT2D eigenvalue weighted by molar-refractivity contribution is 0.106. The number of nitrogens with zero attached hydrogens (tertiary/aromatic N) is 3. The Bertz CT molecular complexity index is 422. The molecule has 1 aliphatic heterocycles. The third-order valence-electron chi connectivity index (χ3n) is 3.40. The van der Waals surface area contributed by atoms with Crippen LogP contribution >= 0.6 is 23.2 Å². The maximum Gasteiger partial charge on any atom is 0.147 e. The molecule has 0 bridgehead atoms. The minimum absolute atomic E-state index is 0.233. The first-order valence-electron chi connectivity index (χ1n) is 6.56. The van der Waals surface area contributed by atoms with Crippen LogP contribution in [0.3, 0.4) is 0 Å². The summed E-state index contributed by atoms with van der Waals surface area (Å²) >= 11 is 12.0. The van der Waals surface area contributed by atoms with Crippen LogP contribution in [0.4, 0.5) is 5.82 Å². The van der Waals surface area contributed by atoms with E-state index in [1.54, 1.807) is 12.3 Å². The van der Waals surface area contributed by atoms with Gasteiger partial charge in [-0.3, -0.25) is 4.90 Å². The van der Waals surface area contributed by atoms with Crippen molar-refractivity contribution in [1.29, 1.82) is 0 Å². The number of hydrogen-bond acceptors (Lipinski definition) is 4. The molecule has 106 valence electrons. The highest BCUT2D eigenvalue weighted by atomic mass is 35.5. The van der Waals surface area contributed by atoms with Gasteiger partial charge in [-0.15, -0.1) is 0 Å². The molecule has 0 unspecified atom stereocenters. The second kappa shape index (κ2) is 6.75. The van der Waals surface area contributed by atoms with Gasteiger partial charge in [0.05, 0.1) is 16.1 Å². The van der Waals surface area contributed by atoms with E-state index in [2.05, 4.69) is 14.8 Å². The first-order chi connectivity index (χ1) is 9.10. The van der Waals surface area contributed by atoms with Crippen LogP contribution in [0, 0.1) is 0 Å². The SMILES string of the molecule is CC[C@@H](O)CN1CCN(c2ncc(Cl)cc2Cl)CC1. The van der Waals surface area contributed by atoms with E-state index in [1.165, 1.54) is 0 Å². The lowest BCUT2D eigenvalue weighted by Gasteiger charge is -2.36. The molecule has 1 fully saturated rings. The maximum atomic E-state index is 9.66. The molecule has 1 atom stereocenters. The van der Waals surface area contributed by atoms with Crippen LogP contribution in [-0.4, -0.2) is 53.8 Å². The van der Waals surface area contributed by atoms with Crippen molar-refractivity contribution in [3.05, 3.63) is 22.3 Å². The van der Waals surface area contributed by atoms with Crippen LogP contribution in [0.25, 0.3) is 0 Å². The predicted octanol–water partition coefficient (Wildman–Crippen LogP) is 2.28. The molecule has 0 spiro atoms. The van der Waals surface area contributed by atoms with Gasteiger partial charge in [0.15, 0.2) is 0 Å². The average molecular weight is 304 g/mol. The molecule has 2 rings (SSSR count). The molecule has 2 heterocycles. The topological polar surface area (TPSA) is 39.6 Å². The highest BCUT2D eigenvalue weighted by Crippen LogP contribution is 2.26. The van der Waals surface area contributed by atoms with E-state index in [9.17, 15) is 5.11 Å². The average Bonchev–Trinajstić information content (AvgIpc) is 2.40. The van der Waals surface area contributed by atoms with Crippen LogP contribution in [0.1, 0.15) is 13.3 Å². The van der Waals surface area contributed by atoms with Gasteiger partial charge in [0.25, 0.3) is 0 Å². The Labute approximate surface area is 123 Å². The normalized spacial score (nSPS) is 18.6. The van der Waals surface area contributed by atoms with Crippen molar-refractivity contribution in [3.8, 4) is 0 Å². The number of pyridine rings is 1. The number of piperazine rings is 1. The van der Waals surface area contributed by atoms with Gasteiger partial charge >= 0.3 is 0 Å². The summed E-state index contributed by atoms with van der Waals surface area (Å²) in [6, 6.07) is 1.72. The molecule has 19 heavy (non-hydrogen) atoms. The van der Waals surface area contributed by atoms with Crippen molar-refractivity contribution in [2.45, 2.75) is 19.4 Å². The molecular formula is C13H19Cl2N3O. The van der Waals surface area contributed by atoms with Crippen molar-refractivity contribution >= 4 is 29.0 Å². The second-order valence-electron chi connectivity index (χ2n) is 4.81. The third kappa shape index (κ3) is 3.96. The van der Waals surface area contributed by atoms with Crippen LogP contribution in [0.15, 0.2) is 12.3 Å². The maximum absolute atomic E-state index is 9.66. The fourth-order valence-corrected chi connectivity index (χ4v) is 2.71. The summed E-state index contributed by atoms with van der Waals surface area (Å²) in [5, 5.41) is 10.8. The molecule has 1 N–H and O–H groups in total. The summed E-state index contributed by atoms with van der Waals surface area (Å²) in [5.41, 5.74) is 0. The molecule has 1 aromatic rings. The van der Waals surface area contributed by atoms with Gasteiger partial charge in [-0.2, -0.15) is 0 Å². The molecule has 1 aliphatic rings. The van der Waals surface area contributed by atoms with Crippen molar-refractivity contribution in [1.82, 2.24) is 9.88 Å². The van der Waals surface area contributed by atoms with Crippen LogP contribution < -0.4 is 4.90 Å². The number of anilines is 1. The van der Waals surface area contributed by atoms with E-state index < -0.39 is 0 Å². The second-order valence-corrected chi connectivity index (χ2v) is 5.65. The Hall–Kier alpha value is -0.550. The summed E-state index contributed by atoms with van der Waals surface area (Å²) in [4.78, 5) is 8.73. The Morgan fingerprint density at radius 2 is 2.00 bits per heavy atom. The number of aromatic nitrogens is 1. The van der Waals surface area contributed by atoms with Crippen LogP contribution in [-0.2, 0) is 0 Å². The minimum atomic E-state index is -0.233. The van der Waals surface area contributed by atoms with Gasteiger partial charge in [0.2, 0.25) is 0 Å². The largest absolute Gasteiger partial charge is 0.392 e. The molecule has 0 aromatic carbocycles. The predicted molar refractivity (Wildman–Crippen MR) is 79.2 cm³/mol. The Kier molecular flexibility index (Phi) is 5.28. The molecule has 4 nitrogen and oxygen atoms in total. The summed E-state index contributed by atoms with van der Waals surface area (Å²) in [5.74, 6) is 0.793. The Morgan fingerprint density at radius 3 is 2.58 bits per heavy atom. The van der Waals surface area contributed by atoms with Gasteiger partial charge in [0, 0.05) is 38.9 Å². The van der Waals surface area contributed by atoms with Gasteiger partial charge in [-0.1, -0.05) is 30.1 Å². The fraction of sp³-hybridized carbons (Fsp3) is 0.615. The standard InChI is InChI=1S/C13H19Cl2N3O/c1-2-11(19)9-17-3-5-18(6-4-17)13-12(15)7-10(14)8-16-13/h7-8,11,19H,2-6,9H2,1H3/t11-/m1/s1. The monoisotopic (exact) mass is 303 g/mol. The third-order valence-corrected chi connectivity index (χ3v) is 3.89. The zero-order valence-corrected chi connectivity index (χ0v) is 12.5. The van der Waals surface area contributed by atoms with E-state index in [0.29, 0.717) is 10.0 Å². The highest BCUT2D eigenvalue weighted by Gasteiger charge is 2.21. The number of aliphatic hydroxyl groups excluding tert-OH is 1. The van der Waals surface area contributed by atoms with E-state index in [0.717, 1.165) is 45.0 Å². The van der Waals surface area contributed by atoms with Gasteiger partial charge in [0.1, 0.15) is 5.82 Å². The highest BCUT2D eigenvalue weighted by molar-refractivity contribution is 6.36. The molecule has 1 saturated heterocycles. The van der Waals surface area contributed by atoms with Crippen molar-refractivity contribution < 1.29 is 5.11 Å². The summed E-state index contributed by atoms with van der Waals surface area (Å²) in [6.45, 7) is 6.30. The van der Waals surface area contributed by atoms with E-state index in [-0.39, 0.29) is 6.10 Å². The smallest absolute Gasteiger partial charge is 0.147 e. The lowest BCUT2D eigenvalue weighted by Crippen LogP contribution is -2.48. The molecule has 1 aromatic heterocycles. The van der Waals surface area contributed by atoms with E-state index in [4.69, 9.17) is 23.2 Å².